The number of hydrogen-bond acceptors (Lipinski definition) is 10. The topological polar surface area (TPSA) is 248 Å². The monoisotopic (exact) mass is 583 g/mol. The smallest absolute Gasteiger partial charge is 0.326 e. The van der Waals surface area contributed by atoms with Crippen molar-refractivity contribution in [3.05, 3.63) is 40.2 Å². The molecule has 0 radical (unpaired) electrons. The van der Waals surface area contributed by atoms with Gasteiger partial charge in [0.25, 0.3) is 5.69 Å². The normalized spacial score (nSPS) is 12.1. The number of aromatic nitrogens is 3. The summed E-state index contributed by atoms with van der Waals surface area (Å²) >= 11 is 0. The molecule has 1 heterocycles. The number of nitrogens with one attached hydrogen (secondary N) is 3. The number of aliphatic carboxylic acids is 3. The lowest BCUT2D eigenvalue weighted by molar-refractivity contribution is -0.384. The van der Waals surface area contributed by atoms with Crippen LogP contribution in [0.3, 0.4) is 0 Å². The Morgan fingerprint density at radius 3 is 2.37 bits per heavy atom. The Morgan fingerprint density at radius 2 is 1.76 bits per heavy atom. The molecule has 2 amide bonds. The average Bonchev–Trinajstić information content (AvgIpc) is 3.36. The largest absolute Gasteiger partial charge is 0.487 e. The molecule has 1 aromatic heterocycles. The summed E-state index contributed by atoms with van der Waals surface area (Å²) in [4.78, 5) is 56.3. The van der Waals surface area contributed by atoms with Crippen LogP contribution in [-0.2, 0) is 27.5 Å². The van der Waals surface area contributed by atoms with E-state index in [0.29, 0.717) is 17.9 Å². The maximum atomic E-state index is 12.4. The number of halogens is 1. The van der Waals surface area contributed by atoms with Gasteiger partial charge in [-0.3, -0.25) is 14.9 Å². The number of ether oxygens (including phenoxy) is 1. The van der Waals surface area contributed by atoms with Crippen molar-refractivity contribution in [1.29, 1.82) is 0 Å². The van der Waals surface area contributed by atoms with E-state index in [-0.39, 0.29) is 50.3 Å². The first-order valence-electron chi connectivity index (χ1n) is 12.3. The Labute approximate surface area is 231 Å². The van der Waals surface area contributed by atoms with Gasteiger partial charge in [0.1, 0.15) is 42.5 Å². The quantitative estimate of drug-likeness (QED) is 0.0778. The van der Waals surface area contributed by atoms with E-state index in [2.05, 4.69) is 20.9 Å². The van der Waals surface area contributed by atoms with Gasteiger partial charge < -0.3 is 36.0 Å². The summed E-state index contributed by atoms with van der Waals surface area (Å²) in [5.74, 6) is -3.79. The molecule has 1 aromatic carbocycles. The summed E-state index contributed by atoms with van der Waals surface area (Å²) < 4.78 is 19.3. The summed E-state index contributed by atoms with van der Waals surface area (Å²) in [5.41, 5.74) is 0.367. The number of amides is 2. The van der Waals surface area contributed by atoms with Crippen molar-refractivity contribution in [3.8, 4) is 5.75 Å². The first kappa shape index (κ1) is 32.2. The van der Waals surface area contributed by atoms with Crippen LogP contribution in [-0.4, -0.2) is 84.5 Å². The van der Waals surface area contributed by atoms with Crippen LogP contribution in [0.25, 0.3) is 0 Å². The van der Waals surface area contributed by atoms with Gasteiger partial charge in [-0.1, -0.05) is 5.21 Å². The van der Waals surface area contributed by atoms with E-state index in [1.807, 2.05) is 5.32 Å². The number of carboxylic acids is 3. The number of nitro groups is 1. The van der Waals surface area contributed by atoms with Gasteiger partial charge in [-0.2, -0.15) is 0 Å². The van der Waals surface area contributed by atoms with Crippen molar-refractivity contribution < 1.29 is 48.5 Å². The van der Waals surface area contributed by atoms with Crippen LogP contribution in [0.5, 0.6) is 5.75 Å². The van der Waals surface area contributed by atoms with Gasteiger partial charge in [-0.15, -0.1) is 5.10 Å². The number of benzene rings is 1. The number of unbranched alkanes of at least 4 members (excludes halogenated alkanes) is 1. The molecule has 2 unspecified atom stereocenters. The zero-order valence-corrected chi connectivity index (χ0v) is 21.7. The summed E-state index contributed by atoms with van der Waals surface area (Å²) in [6.45, 7) is -0.355. The van der Waals surface area contributed by atoms with E-state index in [1.165, 1.54) is 29.1 Å². The fourth-order valence-electron chi connectivity index (χ4n) is 3.50. The molecule has 0 bridgehead atoms. The SMILES string of the molecule is O=C(O)CCC(NC(=O)NC(CCCCNc1cc(OCc2cn(CCF)nn2)ccc1[N+](=O)[O-])C(=O)O)C(=O)O. The Bertz CT molecular complexity index is 1230. The number of nitro benzene ring substituents is 1. The Kier molecular flexibility index (Phi) is 12.7. The number of alkyl halides is 1. The van der Waals surface area contributed by atoms with Crippen molar-refractivity contribution in [2.75, 3.05) is 18.5 Å². The van der Waals surface area contributed by atoms with Gasteiger partial charge in [-0.05, 0) is 31.7 Å². The molecule has 224 valence electrons. The minimum absolute atomic E-state index is 0.00649. The second kappa shape index (κ2) is 16.2. The number of carboxylic acid groups (broad SMARTS) is 3. The predicted molar refractivity (Wildman–Crippen MR) is 137 cm³/mol. The van der Waals surface area contributed by atoms with Crippen LogP contribution in [0.4, 0.5) is 20.6 Å². The van der Waals surface area contributed by atoms with Crippen molar-refractivity contribution in [3.63, 3.8) is 0 Å². The lowest BCUT2D eigenvalue weighted by Crippen LogP contribution is -2.51. The number of carbonyl (C=O) groups excluding carboxylic acids is 1. The van der Waals surface area contributed by atoms with Crippen molar-refractivity contribution in [2.24, 2.45) is 0 Å². The summed E-state index contributed by atoms with van der Waals surface area (Å²) in [6.07, 6.45) is 1.20. The summed E-state index contributed by atoms with van der Waals surface area (Å²) in [7, 11) is 0. The van der Waals surface area contributed by atoms with E-state index >= 15 is 0 Å². The minimum atomic E-state index is -1.52. The fraction of sp³-hybridized carbons (Fsp3) is 0.478. The van der Waals surface area contributed by atoms with Gasteiger partial charge >= 0.3 is 23.9 Å². The highest BCUT2D eigenvalue weighted by molar-refractivity contribution is 5.86. The molecule has 0 aliphatic carbocycles. The Hall–Kier alpha value is -5.03. The molecule has 0 saturated carbocycles. The molecule has 0 saturated heterocycles. The van der Waals surface area contributed by atoms with Gasteiger partial charge in [0.15, 0.2) is 0 Å². The van der Waals surface area contributed by atoms with Gasteiger partial charge in [0, 0.05) is 25.1 Å². The number of anilines is 1. The lowest BCUT2D eigenvalue weighted by Gasteiger charge is -2.18. The number of nitrogens with zero attached hydrogens (tertiary/aromatic N) is 4. The molecule has 17 nitrogen and oxygen atoms in total. The van der Waals surface area contributed by atoms with E-state index in [0.717, 1.165) is 0 Å². The number of hydrogen-bond donors (Lipinski definition) is 6. The summed E-state index contributed by atoms with van der Waals surface area (Å²) in [6, 6.07) is 0.111. The van der Waals surface area contributed by atoms with Crippen molar-refractivity contribution in [1.82, 2.24) is 25.6 Å². The third-order valence-corrected chi connectivity index (χ3v) is 5.54. The second-order valence-corrected chi connectivity index (χ2v) is 8.64. The van der Waals surface area contributed by atoms with Crippen LogP contribution in [0.2, 0.25) is 0 Å². The zero-order valence-electron chi connectivity index (χ0n) is 21.7. The first-order valence-corrected chi connectivity index (χ1v) is 12.3. The second-order valence-electron chi connectivity index (χ2n) is 8.64. The molecule has 6 N–H and O–H groups in total. The van der Waals surface area contributed by atoms with Gasteiger partial charge in [0.05, 0.1) is 17.7 Å². The highest BCUT2D eigenvalue weighted by atomic mass is 19.1. The Balaban J connectivity index is 1.87. The standard InChI is InChI=1S/C23H30FN7O10/c24-8-10-30-12-14(28-29-30)13-41-15-4-6-19(31(39)40)18(11-15)25-9-2-1-3-16(21(34)35)26-23(38)27-17(22(36)37)5-7-20(32)33/h4,6,11-12,16-17,25H,1-3,5,7-10,13H2,(H,32,33)(H,34,35)(H,36,37)(H2,26,27,38). The molecule has 0 aliphatic heterocycles. The van der Waals surface area contributed by atoms with Crippen molar-refractivity contribution in [2.45, 2.75) is 57.3 Å². The molecule has 0 aliphatic rings. The van der Waals surface area contributed by atoms with Crippen molar-refractivity contribution >= 4 is 35.3 Å². The molecular weight excluding hydrogens is 553 g/mol. The average molecular weight is 584 g/mol. The zero-order chi connectivity index (χ0) is 30.4. The number of rotatable bonds is 19. The number of carbonyl (C=O) groups is 4. The molecule has 2 atom stereocenters. The summed E-state index contributed by atoms with van der Waals surface area (Å²) in [5, 5.41) is 53.3. The van der Waals surface area contributed by atoms with Crippen LogP contribution in [0.1, 0.15) is 37.8 Å². The van der Waals surface area contributed by atoms with Gasteiger partial charge in [-0.25, -0.2) is 23.5 Å². The predicted octanol–water partition coefficient (Wildman–Crippen LogP) is 1.39. The third kappa shape index (κ3) is 11.3. The molecule has 0 spiro atoms. The van der Waals surface area contributed by atoms with Crippen LogP contribution >= 0.6 is 0 Å². The van der Waals surface area contributed by atoms with E-state index in [9.17, 15) is 38.8 Å². The van der Waals surface area contributed by atoms with Crippen LogP contribution in [0.15, 0.2) is 24.4 Å². The van der Waals surface area contributed by atoms with E-state index in [1.54, 1.807) is 0 Å². The van der Waals surface area contributed by atoms with Crippen LogP contribution < -0.4 is 20.7 Å². The maximum Gasteiger partial charge on any atom is 0.326 e. The van der Waals surface area contributed by atoms with Gasteiger partial charge in [0.2, 0.25) is 0 Å². The lowest BCUT2D eigenvalue weighted by atomic mass is 10.1. The van der Waals surface area contributed by atoms with Crippen LogP contribution in [0, 0.1) is 10.1 Å². The first-order chi connectivity index (χ1) is 19.5. The molecule has 0 fully saturated rings. The maximum absolute atomic E-state index is 12.4. The molecule has 2 rings (SSSR count). The Morgan fingerprint density at radius 1 is 1.07 bits per heavy atom. The van der Waals surface area contributed by atoms with E-state index < -0.39 is 54.0 Å². The third-order valence-electron chi connectivity index (χ3n) is 5.54. The highest BCUT2D eigenvalue weighted by Gasteiger charge is 2.25. The highest BCUT2D eigenvalue weighted by Crippen LogP contribution is 2.29. The number of aryl methyl sites for hydroxylation is 1. The number of urea groups is 1. The van der Waals surface area contributed by atoms with E-state index in [4.69, 9.17) is 14.9 Å². The molecule has 2 aromatic rings. The molecule has 41 heavy (non-hydrogen) atoms. The fourth-order valence-corrected chi connectivity index (χ4v) is 3.50. The molecular formula is C23H30FN7O10. The minimum Gasteiger partial charge on any atom is -0.487 e. The molecule has 18 heteroatoms.